The van der Waals surface area contributed by atoms with Gasteiger partial charge in [0.1, 0.15) is 17.2 Å². The minimum Gasteiger partial charge on any atom is -0.338 e. The van der Waals surface area contributed by atoms with Gasteiger partial charge in [0.25, 0.3) is 0 Å². The number of imidazole rings is 2. The van der Waals surface area contributed by atoms with Crippen LogP contribution in [-0.4, -0.2) is 19.1 Å². The van der Waals surface area contributed by atoms with Gasteiger partial charge in [0, 0.05) is 32.4 Å². The lowest BCUT2D eigenvalue weighted by Gasteiger charge is -2.07. The minimum absolute atomic E-state index is 0.259. The van der Waals surface area contributed by atoms with Crippen molar-refractivity contribution in [2.24, 2.45) is 7.05 Å². The molecule has 0 fully saturated rings. The summed E-state index contributed by atoms with van der Waals surface area (Å²) in [6.45, 7) is 0.673. The average Bonchev–Trinajstić information content (AvgIpc) is 3.01. The van der Waals surface area contributed by atoms with Crippen LogP contribution in [0.25, 0.3) is 11.0 Å². The summed E-state index contributed by atoms with van der Waals surface area (Å²) in [6.07, 6.45) is 4.42. The molecule has 0 amide bonds. The summed E-state index contributed by atoms with van der Waals surface area (Å²) in [4.78, 5) is 8.57. The molecule has 4 nitrogen and oxygen atoms in total. The average molecular weight is 293 g/mol. The maximum Gasteiger partial charge on any atom is 0.151 e. The van der Waals surface area contributed by atoms with Crippen molar-refractivity contribution in [3.05, 3.63) is 48.1 Å². The smallest absolute Gasteiger partial charge is 0.151 e. The van der Waals surface area contributed by atoms with Gasteiger partial charge >= 0.3 is 0 Å². The van der Waals surface area contributed by atoms with Gasteiger partial charge in [-0.3, -0.25) is 0 Å². The first kappa shape index (κ1) is 13.1. The highest BCUT2D eigenvalue weighted by Crippen LogP contribution is 2.20. The summed E-state index contributed by atoms with van der Waals surface area (Å²) in [5.41, 5.74) is 1.15. The van der Waals surface area contributed by atoms with E-state index in [4.69, 9.17) is 11.6 Å². The topological polar surface area (TPSA) is 35.6 Å². The van der Waals surface area contributed by atoms with Gasteiger partial charge in [-0.05, 0) is 12.1 Å². The van der Waals surface area contributed by atoms with Crippen LogP contribution in [0.5, 0.6) is 0 Å². The minimum atomic E-state index is -0.315. The second-order valence-corrected chi connectivity index (χ2v) is 4.89. The summed E-state index contributed by atoms with van der Waals surface area (Å²) >= 11 is 5.92. The fraction of sp³-hybridized carbons (Fsp3) is 0.286. The molecule has 1 aromatic carbocycles. The lowest BCUT2D eigenvalue weighted by Crippen LogP contribution is -2.08. The molecule has 0 aliphatic carbocycles. The van der Waals surface area contributed by atoms with Crippen LogP contribution in [0.4, 0.5) is 4.39 Å². The monoisotopic (exact) mass is 292 g/mol. The van der Waals surface area contributed by atoms with Crippen LogP contribution in [0, 0.1) is 5.82 Å². The molecule has 104 valence electrons. The summed E-state index contributed by atoms with van der Waals surface area (Å²) in [7, 11) is 1.95. The van der Waals surface area contributed by atoms with Crippen molar-refractivity contribution in [2.75, 3.05) is 0 Å². The Morgan fingerprint density at radius 2 is 2.15 bits per heavy atom. The quantitative estimate of drug-likeness (QED) is 0.693. The van der Waals surface area contributed by atoms with Crippen LogP contribution in [0.2, 0.25) is 0 Å². The third-order valence-corrected chi connectivity index (χ3v) is 3.65. The Balaban J connectivity index is 1.98. The molecule has 6 heteroatoms. The van der Waals surface area contributed by atoms with Crippen LogP contribution in [-0.2, 0) is 25.9 Å². The van der Waals surface area contributed by atoms with E-state index in [-0.39, 0.29) is 11.7 Å². The second-order valence-electron chi connectivity index (χ2n) is 4.63. The number of nitrogens with zero attached hydrogens (tertiary/aromatic N) is 4. The number of aromatic nitrogens is 4. The molecule has 20 heavy (non-hydrogen) atoms. The van der Waals surface area contributed by atoms with Crippen molar-refractivity contribution in [2.45, 2.75) is 18.8 Å². The van der Waals surface area contributed by atoms with Gasteiger partial charge in [-0.25, -0.2) is 14.4 Å². The Bertz CT molecular complexity index is 747. The van der Waals surface area contributed by atoms with Crippen molar-refractivity contribution in [3.63, 3.8) is 0 Å². The van der Waals surface area contributed by atoms with Crippen molar-refractivity contribution < 1.29 is 4.39 Å². The number of halogens is 2. The number of benzene rings is 1. The van der Waals surface area contributed by atoms with E-state index in [1.54, 1.807) is 12.3 Å². The molecule has 0 aliphatic rings. The van der Waals surface area contributed by atoms with Crippen LogP contribution in [0.1, 0.15) is 11.6 Å². The fourth-order valence-corrected chi connectivity index (χ4v) is 2.57. The third-order valence-electron chi connectivity index (χ3n) is 3.41. The molecule has 2 heterocycles. The van der Waals surface area contributed by atoms with Gasteiger partial charge in [-0.1, -0.05) is 6.07 Å². The van der Waals surface area contributed by atoms with Crippen molar-refractivity contribution in [1.29, 1.82) is 0 Å². The van der Waals surface area contributed by atoms with Gasteiger partial charge in [0.15, 0.2) is 5.82 Å². The maximum atomic E-state index is 13.8. The molecule has 0 unspecified atom stereocenters. The molecule has 3 rings (SSSR count). The van der Waals surface area contributed by atoms with Crippen LogP contribution < -0.4 is 0 Å². The summed E-state index contributed by atoms with van der Waals surface area (Å²) in [5, 5.41) is 0. The fourth-order valence-electron chi connectivity index (χ4n) is 2.36. The van der Waals surface area contributed by atoms with Crippen LogP contribution in [0.3, 0.4) is 0 Å². The second kappa shape index (κ2) is 5.25. The standard InChI is InChI=1S/C14H14ClFN4/c1-19-8-6-17-12(19)5-7-20-11-4-2-3-10(16)14(11)18-13(20)9-15/h2-4,6,8H,5,7,9H2,1H3. The third kappa shape index (κ3) is 2.18. The lowest BCUT2D eigenvalue weighted by molar-refractivity contribution is 0.637. The van der Waals surface area contributed by atoms with Gasteiger partial charge in [-0.15, -0.1) is 11.6 Å². The van der Waals surface area contributed by atoms with Crippen molar-refractivity contribution >= 4 is 22.6 Å². The Labute approximate surface area is 120 Å². The van der Waals surface area contributed by atoms with E-state index in [9.17, 15) is 4.39 Å². The molecule has 0 saturated heterocycles. The van der Waals surface area contributed by atoms with E-state index in [1.165, 1.54) is 6.07 Å². The zero-order valence-corrected chi connectivity index (χ0v) is 11.8. The van der Waals surface area contributed by atoms with Gasteiger partial charge in [0.2, 0.25) is 0 Å². The number of aryl methyl sites for hydroxylation is 3. The SMILES string of the molecule is Cn1ccnc1CCn1c(CCl)nc2c(F)cccc21. The first-order valence-electron chi connectivity index (χ1n) is 6.36. The highest BCUT2D eigenvalue weighted by Gasteiger charge is 2.13. The van der Waals surface area contributed by atoms with Gasteiger partial charge in [0.05, 0.1) is 11.4 Å². The molecular formula is C14H14ClFN4. The van der Waals surface area contributed by atoms with E-state index >= 15 is 0 Å². The normalized spacial score (nSPS) is 11.3. The molecule has 0 spiro atoms. The molecule has 3 aromatic rings. The largest absolute Gasteiger partial charge is 0.338 e. The first-order valence-corrected chi connectivity index (χ1v) is 6.90. The summed E-state index contributed by atoms with van der Waals surface area (Å²) in [6, 6.07) is 4.96. The molecule has 2 aromatic heterocycles. The van der Waals surface area contributed by atoms with E-state index in [0.29, 0.717) is 17.9 Å². The van der Waals surface area contributed by atoms with E-state index in [0.717, 1.165) is 17.8 Å². The molecule has 0 N–H and O–H groups in total. The number of hydrogen-bond donors (Lipinski definition) is 0. The number of fused-ring (bicyclic) bond motifs is 1. The van der Waals surface area contributed by atoms with Crippen LogP contribution >= 0.6 is 11.6 Å². The lowest BCUT2D eigenvalue weighted by atomic mass is 10.3. The van der Waals surface area contributed by atoms with Crippen molar-refractivity contribution in [1.82, 2.24) is 19.1 Å². The first-order chi connectivity index (χ1) is 9.70. The molecule has 0 bridgehead atoms. The molecule has 0 radical (unpaired) electrons. The van der Waals surface area contributed by atoms with Gasteiger partial charge < -0.3 is 9.13 Å². The summed E-state index contributed by atoms with van der Waals surface area (Å²) < 4.78 is 17.7. The Hall–Kier alpha value is -1.88. The highest BCUT2D eigenvalue weighted by molar-refractivity contribution is 6.16. The Morgan fingerprint density at radius 3 is 2.85 bits per heavy atom. The predicted molar refractivity (Wildman–Crippen MR) is 76.2 cm³/mol. The zero-order chi connectivity index (χ0) is 14.1. The number of alkyl halides is 1. The maximum absolute atomic E-state index is 13.8. The molecule has 0 atom stereocenters. The Kier molecular flexibility index (Phi) is 3.44. The highest BCUT2D eigenvalue weighted by atomic mass is 35.5. The predicted octanol–water partition coefficient (Wildman–Crippen LogP) is 2.89. The van der Waals surface area contributed by atoms with Crippen molar-refractivity contribution in [3.8, 4) is 0 Å². The van der Waals surface area contributed by atoms with E-state index < -0.39 is 0 Å². The zero-order valence-electron chi connectivity index (χ0n) is 11.1. The van der Waals surface area contributed by atoms with E-state index in [1.807, 2.05) is 28.4 Å². The number of hydrogen-bond acceptors (Lipinski definition) is 2. The number of para-hydroxylation sites is 1. The Morgan fingerprint density at radius 1 is 1.30 bits per heavy atom. The summed E-state index contributed by atoms with van der Waals surface area (Å²) in [5.74, 6) is 1.60. The molecule has 0 aliphatic heterocycles. The van der Waals surface area contributed by atoms with Crippen LogP contribution in [0.15, 0.2) is 30.6 Å². The van der Waals surface area contributed by atoms with Gasteiger partial charge in [-0.2, -0.15) is 0 Å². The molecule has 0 saturated carbocycles. The molecular weight excluding hydrogens is 279 g/mol. The number of rotatable bonds is 4. The van der Waals surface area contributed by atoms with E-state index in [2.05, 4.69) is 9.97 Å².